The minimum Gasteiger partial charge on any atom is -0.394 e. The Balaban J connectivity index is 1.40. The van der Waals surface area contributed by atoms with Crippen molar-refractivity contribution in [1.82, 2.24) is 29.3 Å². The molecule has 1 aliphatic heterocycles. The average Bonchev–Trinajstić information content (AvgIpc) is 3.48. The zero-order chi connectivity index (χ0) is 22.8. The van der Waals surface area contributed by atoms with Gasteiger partial charge in [0.15, 0.2) is 5.65 Å². The molecule has 33 heavy (non-hydrogen) atoms. The minimum atomic E-state index is -2.71. The van der Waals surface area contributed by atoms with Crippen LogP contribution in [0.25, 0.3) is 16.8 Å². The van der Waals surface area contributed by atoms with Crippen molar-refractivity contribution in [1.29, 1.82) is 0 Å². The number of ether oxygens (including phenoxy) is 1. The molecular formula is C22H23F2N7O2. The van der Waals surface area contributed by atoms with E-state index in [2.05, 4.69) is 25.4 Å². The average molecular weight is 455 g/mol. The van der Waals surface area contributed by atoms with Crippen molar-refractivity contribution in [2.75, 3.05) is 38.2 Å². The molecule has 0 aliphatic carbocycles. The van der Waals surface area contributed by atoms with E-state index in [1.54, 1.807) is 10.7 Å². The van der Waals surface area contributed by atoms with Crippen LogP contribution in [0.1, 0.15) is 18.2 Å². The molecule has 11 heteroatoms. The molecule has 0 spiro atoms. The summed E-state index contributed by atoms with van der Waals surface area (Å²) in [4.78, 5) is 6.77. The number of rotatable bonds is 7. The van der Waals surface area contributed by atoms with Gasteiger partial charge in [0.05, 0.1) is 43.9 Å². The van der Waals surface area contributed by atoms with Gasteiger partial charge in [-0.1, -0.05) is 24.3 Å². The molecule has 1 aliphatic rings. The lowest BCUT2D eigenvalue weighted by atomic mass is 10.0. The van der Waals surface area contributed by atoms with Crippen LogP contribution in [-0.2, 0) is 4.74 Å². The number of aliphatic hydroxyl groups excluding tert-OH is 1. The van der Waals surface area contributed by atoms with Crippen LogP contribution in [0.4, 0.5) is 20.4 Å². The molecule has 1 fully saturated rings. The van der Waals surface area contributed by atoms with Crippen LogP contribution in [0.2, 0.25) is 0 Å². The largest absolute Gasteiger partial charge is 0.394 e. The summed E-state index contributed by atoms with van der Waals surface area (Å²) >= 11 is 0. The van der Waals surface area contributed by atoms with Crippen molar-refractivity contribution in [3.63, 3.8) is 0 Å². The van der Waals surface area contributed by atoms with Gasteiger partial charge in [-0.2, -0.15) is 18.9 Å². The second-order valence-corrected chi connectivity index (χ2v) is 7.71. The molecule has 1 saturated heterocycles. The predicted octanol–water partition coefficient (Wildman–Crippen LogP) is 3.10. The molecule has 1 aromatic carbocycles. The molecule has 0 radical (unpaired) electrons. The molecule has 4 aromatic rings. The molecule has 3 aromatic heterocycles. The molecule has 0 bridgehead atoms. The predicted molar refractivity (Wildman–Crippen MR) is 117 cm³/mol. The van der Waals surface area contributed by atoms with Crippen molar-refractivity contribution >= 4 is 17.3 Å². The number of hydrogen-bond donors (Lipinski definition) is 2. The smallest absolute Gasteiger partial charge is 0.333 e. The standard InChI is InChI=1S/C22H23F2N7O2/c23-21(24)31-13-17(12-25-31)26-22-27-20-18(2-1-7-30(20)28-22)15-3-5-16(6-4-15)19(14-32)29-8-10-33-11-9-29/h1-7,12-13,19,21,32H,8-11,14H2,(H,26,28). The lowest BCUT2D eigenvalue weighted by Crippen LogP contribution is -2.40. The summed E-state index contributed by atoms with van der Waals surface area (Å²) in [7, 11) is 0. The minimum absolute atomic E-state index is 0.0380. The number of hydrogen-bond acceptors (Lipinski definition) is 7. The van der Waals surface area contributed by atoms with Gasteiger partial charge in [0.25, 0.3) is 0 Å². The zero-order valence-corrected chi connectivity index (χ0v) is 17.7. The SMILES string of the molecule is OCC(c1ccc(-c2cccn3nc(Nc4cnn(C(F)F)c4)nc23)cc1)N1CCOCC1. The maximum Gasteiger partial charge on any atom is 0.333 e. The maximum absolute atomic E-state index is 12.7. The summed E-state index contributed by atoms with van der Waals surface area (Å²) in [6.07, 6.45) is 4.26. The van der Waals surface area contributed by atoms with E-state index in [0.717, 1.165) is 29.8 Å². The first-order valence-corrected chi connectivity index (χ1v) is 10.6. The number of nitrogens with zero attached hydrogens (tertiary/aromatic N) is 6. The fraction of sp³-hybridized carbons (Fsp3) is 0.318. The van der Waals surface area contributed by atoms with E-state index in [9.17, 15) is 13.9 Å². The number of benzene rings is 1. The number of morpholine rings is 1. The Hall–Kier alpha value is -3.41. The van der Waals surface area contributed by atoms with Crippen molar-refractivity contribution in [3.8, 4) is 11.1 Å². The van der Waals surface area contributed by atoms with Gasteiger partial charge < -0.3 is 15.2 Å². The van der Waals surface area contributed by atoms with Crippen molar-refractivity contribution in [2.45, 2.75) is 12.6 Å². The highest BCUT2D eigenvalue weighted by molar-refractivity contribution is 5.78. The van der Waals surface area contributed by atoms with Crippen LogP contribution in [0, 0.1) is 0 Å². The Kier molecular flexibility index (Phi) is 5.99. The number of halogens is 2. The van der Waals surface area contributed by atoms with Crippen LogP contribution in [-0.4, -0.2) is 67.3 Å². The molecule has 9 nitrogen and oxygen atoms in total. The quantitative estimate of drug-likeness (QED) is 0.442. The third-order valence-corrected chi connectivity index (χ3v) is 5.69. The lowest BCUT2D eigenvalue weighted by Gasteiger charge is -2.33. The Bertz CT molecular complexity index is 1220. The van der Waals surface area contributed by atoms with Crippen LogP contribution >= 0.6 is 0 Å². The summed E-state index contributed by atoms with van der Waals surface area (Å²) in [5, 5.41) is 20.9. The Morgan fingerprint density at radius 2 is 1.91 bits per heavy atom. The van der Waals surface area contributed by atoms with Crippen LogP contribution < -0.4 is 5.32 Å². The van der Waals surface area contributed by atoms with E-state index in [-0.39, 0.29) is 18.6 Å². The molecule has 1 unspecified atom stereocenters. The van der Waals surface area contributed by atoms with Gasteiger partial charge in [-0.25, -0.2) is 9.20 Å². The van der Waals surface area contributed by atoms with Gasteiger partial charge in [-0.15, -0.1) is 5.10 Å². The van der Waals surface area contributed by atoms with Gasteiger partial charge in [0.2, 0.25) is 5.95 Å². The van der Waals surface area contributed by atoms with E-state index < -0.39 is 6.55 Å². The van der Waals surface area contributed by atoms with E-state index in [1.165, 1.54) is 12.4 Å². The van der Waals surface area contributed by atoms with Crippen molar-refractivity contribution in [2.24, 2.45) is 0 Å². The molecule has 0 saturated carbocycles. The van der Waals surface area contributed by atoms with Gasteiger partial charge in [0.1, 0.15) is 0 Å². The van der Waals surface area contributed by atoms with Gasteiger partial charge in [-0.3, -0.25) is 4.90 Å². The third-order valence-electron chi connectivity index (χ3n) is 5.69. The van der Waals surface area contributed by atoms with Gasteiger partial charge in [-0.05, 0) is 23.3 Å². The molecule has 5 rings (SSSR count). The Morgan fingerprint density at radius 1 is 1.12 bits per heavy atom. The second kappa shape index (κ2) is 9.22. The van der Waals surface area contributed by atoms with E-state index in [0.29, 0.717) is 29.2 Å². The van der Waals surface area contributed by atoms with Crippen molar-refractivity contribution < 1.29 is 18.6 Å². The number of anilines is 2. The Labute approximate surface area is 188 Å². The first kappa shape index (κ1) is 21.4. The number of alkyl halides is 2. The fourth-order valence-electron chi connectivity index (χ4n) is 4.03. The summed E-state index contributed by atoms with van der Waals surface area (Å²) in [5.74, 6) is 0.278. The molecule has 2 N–H and O–H groups in total. The third kappa shape index (κ3) is 4.42. The van der Waals surface area contributed by atoms with E-state index in [4.69, 9.17) is 4.74 Å². The summed E-state index contributed by atoms with van der Waals surface area (Å²) in [5.41, 5.74) is 3.86. The fourth-order valence-corrected chi connectivity index (χ4v) is 4.03. The van der Waals surface area contributed by atoms with Gasteiger partial charge in [0, 0.05) is 24.8 Å². The Morgan fingerprint density at radius 3 is 2.61 bits per heavy atom. The van der Waals surface area contributed by atoms with Gasteiger partial charge >= 0.3 is 6.55 Å². The molecule has 0 amide bonds. The number of aromatic nitrogens is 5. The number of fused-ring (bicyclic) bond motifs is 1. The molecule has 1 atom stereocenters. The first-order valence-electron chi connectivity index (χ1n) is 10.6. The van der Waals surface area contributed by atoms with E-state index in [1.807, 2.05) is 36.4 Å². The van der Waals surface area contributed by atoms with E-state index >= 15 is 0 Å². The first-order chi connectivity index (χ1) is 16.1. The normalized spacial score (nSPS) is 15.9. The highest BCUT2D eigenvalue weighted by Crippen LogP contribution is 2.28. The molecular weight excluding hydrogens is 432 g/mol. The summed E-state index contributed by atoms with van der Waals surface area (Å²) in [6.45, 7) is 0.246. The highest BCUT2D eigenvalue weighted by atomic mass is 19.3. The number of nitrogens with one attached hydrogen (secondary N) is 1. The summed E-state index contributed by atoms with van der Waals surface area (Å²) in [6, 6.07) is 11.8. The monoisotopic (exact) mass is 455 g/mol. The van der Waals surface area contributed by atoms with Crippen molar-refractivity contribution in [3.05, 3.63) is 60.6 Å². The molecule has 172 valence electrons. The van der Waals surface area contributed by atoms with Crippen LogP contribution in [0.3, 0.4) is 0 Å². The van der Waals surface area contributed by atoms with Crippen LogP contribution in [0.15, 0.2) is 55.0 Å². The second-order valence-electron chi connectivity index (χ2n) is 7.71. The maximum atomic E-state index is 12.7. The number of pyridine rings is 1. The van der Waals surface area contributed by atoms with Crippen LogP contribution in [0.5, 0.6) is 0 Å². The highest BCUT2D eigenvalue weighted by Gasteiger charge is 2.22. The lowest BCUT2D eigenvalue weighted by molar-refractivity contribution is 0.00259. The topological polar surface area (TPSA) is 92.7 Å². The summed E-state index contributed by atoms with van der Waals surface area (Å²) < 4.78 is 33.1. The zero-order valence-electron chi connectivity index (χ0n) is 17.7. The molecule has 4 heterocycles. The number of aliphatic hydroxyl groups is 1.